The van der Waals surface area contributed by atoms with Crippen LogP contribution in [0.2, 0.25) is 0 Å². The van der Waals surface area contributed by atoms with E-state index in [4.69, 9.17) is 0 Å². The number of piperidine rings is 1. The average Bonchev–Trinajstić information content (AvgIpc) is 2.99. The first-order valence-corrected chi connectivity index (χ1v) is 8.26. The molecule has 0 radical (unpaired) electrons. The fourth-order valence-corrected chi connectivity index (χ4v) is 4.49. The van der Waals surface area contributed by atoms with Gasteiger partial charge in [-0.1, -0.05) is 12.8 Å². The van der Waals surface area contributed by atoms with Crippen LogP contribution in [0.3, 0.4) is 0 Å². The number of amides is 1. The quantitative estimate of drug-likeness (QED) is 0.819. The Morgan fingerprint density at radius 1 is 1.16 bits per heavy atom. The smallest absolute Gasteiger partial charge is 0.220 e. The zero-order valence-corrected chi connectivity index (χ0v) is 12.2. The lowest BCUT2D eigenvalue weighted by Crippen LogP contribution is -2.42. The number of hydrogen-bond acceptors (Lipinski definition) is 2. The predicted molar refractivity (Wildman–Crippen MR) is 76.8 cm³/mol. The molecular weight excluding hydrogens is 236 g/mol. The first kappa shape index (κ1) is 13.4. The van der Waals surface area contributed by atoms with Crippen LogP contribution in [-0.2, 0) is 4.79 Å². The van der Waals surface area contributed by atoms with E-state index in [1.165, 1.54) is 51.4 Å². The Hall–Kier alpha value is -0.570. The van der Waals surface area contributed by atoms with E-state index in [1.54, 1.807) is 0 Å². The maximum Gasteiger partial charge on any atom is 0.220 e. The fourth-order valence-electron chi connectivity index (χ4n) is 4.49. The van der Waals surface area contributed by atoms with Crippen LogP contribution in [0.4, 0.5) is 0 Å². The number of rotatable bonds is 4. The molecule has 3 heteroatoms. The minimum atomic E-state index is 0.297. The highest BCUT2D eigenvalue weighted by Crippen LogP contribution is 2.33. The molecule has 3 aliphatic rings. The molecule has 19 heavy (non-hydrogen) atoms. The van der Waals surface area contributed by atoms with Crippen LogP contribution in [0.25, 0.3) is 0 Å². The minimum absolute atomic E-state index is 0.297. The normalized spacial score (nSPS) is 36.4. The number of hydrogen-bond donors (Lipinski definition) is 2. The standard InChI is InChI=1S/C16H28N2O/c1-11(13-4-2-3-5-13)17-16(19)10-12-8-14-6-7-15(9-12)18-14/h11-15,18H,2-10H2,1H3,(H,17,19)/t11-,12?,14?,15?/m0/s1. The highest BCUT2D eigenvalue weighted by molar-refractivity contribution is 5.76. The molecule has 3 atom stereocenters. The molecule has 0 spiro atoms. The fraction of sp³-hybridized carbons (Fsp3) is 0.938. The van der Waals surface area contributed by atoms with Gasteiger partial charge in [0.2, 0.25) is 5.91 Å². The van der Waals surface area contributed by atoms with Crippen LogP contribution in [-0.4, -0.2) is 24.0 Å². The molecule has 0 aromatic heterocycles. The largest absolute Gasteiger partial charge is 0.353 e. The summed E-state index contributed by atoms with van der Waals surface area (Å²) in [5.41, 5.74) is 0. The molecule has 2 bridgehead atoms. The van der Waals surface area contributed by atoms with Crippen LogP contribution in [0, 0.1) is 11.8 Å². The maximum absolute atomic E-state index is 12.2. The first-order valence-electron chi connectivity index (χ1n) is 8.26. The van der Waals surface area contributed by atoms with Gasteiger partial charge >= 0.3 is 0 Å². The highest BCUT2D eigenvalue weighted by atomic mass is 16.1. The summed E-state index contributed by atoms with van der Waals surface area (Å²) in [6.45, 7) is 2.19. The van der Waals surface area contributed by atoms with E-state index in [2.05, 4.69) is 17.6 Å². The maximum atomic E-state index is 12.2. The van der Waals surface area contributed by atoms with Crippen molar-refractivity contribution in [1.82, 2.24) is 10.6 Å². The summed E-state index contributed by atoms with van der Waals surface area (Å²) in [6, 6.07) is 1.78. The van der Waals surface area contributed by atoms with Crippen LogP contribution in [0.1, 0.15) is 64.7 Å². The molecule has 2 saturated heterocycles. The predicted octanol–water partition coefficient (Wildman–Crippen LogP) is 2.60. The molecule has 108 valence electrons. The van der Waals surface area contributed by atoms with Gasteiger partial charge in [-0.15, -0.1) is 0 Å². The Bertz CT molecular complexity index is 313. The van der Waals surface area contributed by atoms with Gasteiger partial charge in [-0.3, -0.25) is 4.79 Å². The Morgan fingerprint density at radius 3 is 2.42 bits per heavy atom. The number of carbonyl (C=O) groups excluding carboxylic acids is 1. The lowest BCUT2D eigenvalue weighted by atomic mass is 9.89. The third-order valence-corrected chi connectivity index (χ3v) is 5.54. The van der Waals surface area contributed by atoms with Crippen molar-refractivity contribution in [3.63, 3.8) is 0 Å². The molecule has 1 aliphatic carbocycles. The topological polar surface area (TPSA) is 41.1 Å². The van der Waals surface area contributed by atoms with Gasteiger partial charge in [0.05, 0.1) is 0 Å². The van der Waals surface area contributed by atoms with E-state index in [0.717, 1.165) is 12.3 Å². The van der Waals surface area contributed by atoms with E-state index in [1.807, 2.05) is 0 Å². The van der Waals surface area contributed by atoms with Crippen molar-refractivity contribution in [2.45, 2.75) is 82.8 Å². The second-order valence-corrected chi connectivity index (χ2v) is 7.08. The summed E-state index contributed by atoms with van der Waals surface area (Å²) < 4.78 is 0. The Kier molecular flexibility index (Phi) is 4.11. The SMILES string of the molecule is C[C@H](NC(=O)CC1CC2CCC(C1)N2)C1CCCC1. The molecule has 2 heterocycles. The highest BCUT2D eigenvalue weighted by Gasteiger charge is 2.34. The summed E-state index contributed by atoms with van der Waals surface area (Å²) in [5.74, 6) is 1.65. The summed E-state index contributed by atoms with van der Waals surface area (Å²) >= 11 is 0. The van der Waals surface area contributed by atoms with Crippen molar-refractivity contribution < 1.29 is 4.79 Å². The summed E-state index contributed by atoms with van der Waals surface area (Å²) in [7, 11) is 0. The van der Waals surface area contributed by atoms with Crippen molar-refractivity contribution in [3.8, 4) is 0 Å². The third kappa shape index (κ3) is 3.31. The van der Waals surface area contributed by atoms with E-state index in [0.29, 0.717) is 30.0 Å². The Morgan fingerprint density at radius 2 is 1.79 bits per heavy atom. The molecule has 3 fully saturated rings. The van der Waals surface area contributed by atoms with Gasteiger partial charge in [0.1, 0.15) is 0 Å². The lowest BCUT2D eigenvalue weighted by Gasteiger charge is -2.29. The van der Waals surface area contributed by atoms with Crippen LogP contribution in [0.5, 0.6) is 0 Å². The molecule has 2 N–H and O–H groups in total. The van der Waals surface area contributed by atoms with Gasteiger partial charge in [-0.05, 0) is 57.3 Å². The number of nitrogens with one attached hydrogen (secondary N) is 2. The van der Waals surface area contributed by atoms with Crippen molar-refractivity contribution in [1.29, 1.82) is 0 Å². The second-order valence-electron chi connectivity index (χ2n) is 7.08. The van der Waals surface area contributed by atoms with Gasteiger partial charge in [0.15, 0.2) is 0 Å². The molecule has 2 aliphatic heterocycles. The first-order chi connectivity index (χ1) is 9.20. The van der Waals surface area contributed by atoms with Gasteiger partial charge in [0.25, 0.3) is 0 Å². The lowest BCUT2D eigenvalue weighted by molar-refractivity contribution is -0.123. The molecule has 3 rings (SSSR count). The zero-order chi connectivity index (χ0) is 13.2. The van der Waals surface area contributed by atoms with Crippen LogP contribution in [0.15, 0.2) is 0 Å². The van der Waals surface area contributed by atoms with E-state index in [9.17, 15) is 4.79 Å². The molecular formula is C16H28N2O. The van der Waals surface area contributed by atoms with Crippen molar-refractivity contribution in [3.05, 3.63) is 0 Å². The van der Waals surface area contributed by atoms with E-state index in [-0.39, 0.29) is 0 Å². The monoisotopic (exact) mass is 264 g/mol. The third-order valence-electron chi connectivity index (χ3n) is 5.54. The number of carbonyl (C=O) groups is 1. The molecule has 1 amide bonds. The Labute approximate surface area is 116 Å². The molecule has 0 aromatic carbocycles. The molecule has 3 nitrogen and oxygen atoms in total. The summed E-state index contributed by atoms with van der Waals surface area (Å²) in [5, 5.41) is 6.91. The zero-order valence-electron chi connectivity index (χ0n) is 12.2. The average molecular weight is 264 g/mol. The van der Waals surface area contributed by atoms with Gasteiger partial charge in [-0.2, -0.15) is 0 Å². The van der Waals surface area contributed by atoms with Crippen molar-refractivity contribution in [2.24, 2.45) is 11.8 Å². The van der Waals surface area contributed by atoms with E-state index >= 15 is 0 Å². The Balaban J connectivity index is 1.43. The molecule has 1 saturated carbocycles. The van der Waals surface area contributed by atoms with Crippen LogP contribution < -0.4 is 10.6 Å². The van der Waals surface area contributed by atoms with Gasteiger partial charge in [-0.25, -0.2) is 0 Å². The van der Waals surface area contributed by atoms with Crippen LogP contribution >= 0.6 is 0 Å². The molecule has 2 unspecified atom stereocenters. The summed E-state index contributed by atoms with van der Waals surface area (Å²) in [4.78, 5) is 12.2. The second kappa shape index (κ2) is 5.82. The van der Waals surface area contributed by atoms with Gasteiger partial charge in [0, 0.05) is 24.5 Å². The van der Waals surface area contributed by atoms with Crippen molar-refractivity contribution in [2.75, 3.05) is 0 Å². The molecule has 0 aromatic rings. The van der Waals surface area contributed by atoms with Crippen molar-refractivity contribution >= 4 is 5.91 Å². The van der Waals surface area contributed by atoms with Gasteiger partial charge < -0.3 is 10.6 Å². The number of fused-ring (bicyclic) bond motifs is 2. The minimum Gasteiger partial charge on any atom is -0.353 e. The van der Waals surface area contributed by atoms with E-state index < -0.39 is 0 Å². The summed E-state index contributed by atoms with van der Waals surface area (Å²) in [6.07, 6.45) is 11.1.